The van der Waals surface area contributed by atoms with Crippen LogP contribution in [-0.2, 0) is 11.3 Å². The maximum Gasteiger partial charge on any atom is 0.230 e. The van der Waals surface area contributed by atoms with E-state index < -0.39 is 0 Å². The second-order valence-electron chi connectivity index (χ2n) is 4.64. The van der Waals surface area contributed by atoms with Crippen molar-refractivity contribution in [2.45, 2.75) is 24.8 Å². The SMILES string of the molecule is CSc1cccc(NC(=O)CC[n+]2ccc(C)cc2)c1. The molecule has 3 nitrogen and oxygen atoms in total. The maximum atomic E-state index is 11.9. The fourth-order valence-electron chi connectivity index (χ4n) is 1.84. The first-order chi connectivity index (χ1) is 9.67. The van der Waals surface area contributed by atoms with Gasteiger partial charge in [0.25, 0.3) is 0 Å². The van der Waals surface area contributed by atoms with Crippen molar-refractivity contribution in [1.82, 2.24) is 0 Å². The van der Waals surface area contributed by atoms with Crippen LogP contribution < -0.4 is 9.88 Å². The lowest BCUT2D eigenvalue weighted by Crippen LogP contribution is -2.34. The summed E-state index contributed by atoms with van der Waals surface area (Å²) in [5.74, 6) is 0.0383. The van der Waals surface area contributed by atoms with Gasteiger partial charge in [0.15, 0.2) is 18.9 Å². The first-order valence-electron chi connectivity index (χ1n) is 6.57. The van der Waals surface area contributed by atoms with Gasteiger partial charge < -0.3 is 5.32 Å². The van der Waals surface area contributed by atoms with Crippen LogP contribution in [-0.4, -0.2) is 12.2 Å². The molecule has 2 aromatic rings. The molecule has 1 aromatic heterocycles. The largest absolute Gasteiger partial charge is 0.326 e. The number of hydrogen-bond acceptors (Lipinski definition) is 2. The fourth-order valence-corrected chi connectivity index (χ4v) is 2.30. The number of aromatic nitrogens is 1. The molecule has 4 heteroatoms. The number of hydrogen-bond donors (Lipinski definition) is 1. The minimum absolute atomic E-state index is 0.0383. The molecule has 0 aliphatic rings. The number of carbonyl (C=O) groups excluding carboxylic acids is 1. The number of benzene rings is 1. The van der Waals surface area contributed by atoms with Gasteiger partial charge in [-0.1, -0.05) is 6.07 Å². The summed E-state index contributed by atoms with van der Waals surface area (Å²) in [5.41, 5.74) is 2.08. The van der Waals surface area contributed by atoms with Crippen molar-refractivity contribution in [2.24, 2.45) is 0 Å². The molecule has 0 bridgehead atoms. The number of nitrogens with one attached hydrogen (secondary N) is 1. The monoisotopic (exact) mass is 287 g/mol. The normalized spacial score (nSPS) is 10.3. The minimum Gasteiger partial charge on any atom is -0.326 e. The van der Waals surface area contributed by atoms with E-state index in [9.17, 15) is 4.79 Å². The molecule has 1 amide bonds. The Bertz CT molecular complexity index is 581. The van der Waals surface area contributed by atoms with Crippen molar-refractivity contribution < 1.29 is 9.36 Å². The van der Waals surface area contributed by atoms with E-state index in [1.807, 2.05) is 59.6 Å². The van der Waals surface area contributed by atoms with Crippen LogP contribution in [0.25, 0.3) is 0 Å². The summed E-state index contributed by atoms with van der Waals surface area (Å²) in [6.45, 7) is 2.74. The van der Waals surface area contributed by atoms with E-state index in [2.05, 4.69) is 12.2 Å². The number of thioether (sulfide) groups is 1. The van der Waals surface area contributed by atoms with Crippen LogP contribution in [0.15, 0.2) is 53.7 Å². The Morgan fingerprint density at radius 3 is 2.70 bits per heavy atom. The van der Waals surface area contributed by atoms with Gasteiger partial charge in [0.2, 0.25) is 5.91 Å². The van der Waals surface area contributed by atoms with Gasteiger partial charge >= 0.3 is 0 Å². The summed E-state index contributed by atoms with van der Waals surface area (Å²) >= 11 is 1.67. The Labute approximate surface area is 124 Å². The molecule has 1 aromatic carbocycles. The zero-order valence-electron chi connectivity index (χ0n) is 11.8. The Morgan fingerprint density at radius 2 is 2.00 bits per heavy atom. The molecule has 0 saturated heterocycles. The second-order valence-corrected chi connectivity index (χ2v) is 5.52. The Balaban J connectivity index is 1.87. The van der Waals surface area contributed by atoms with Crippen molar-refractivity contribution in [1.29, 1.82) is 0 Å². The summed E-state index contributed by atoms with van der Waals surface area (Å²) in [5, 5.41) is 2.93. The predicted molar refractivity (Wildman–Crippen MR) is 82.8 cm³/mol. The maximum absolute atomic E-state index is 11.9. The summed E-state index contributed by atoms with van der Waals surface area (Å²) in [4.78, 5) is 13.1. The van der Waals surface area contributed by atoms with Gasteiger partial charge in [0.05, 0.1) is 6.42 Å². The highest BCUT2D eigenvalue weighted by Crippen LogP contribution is 2.18. The van der Waals surface area contributed by atoms with Gasteiger partial charge in [-0.2, -0.15) is 0 Å². The lowest BCUT2D eigenvalue weighted by atomic mass is 10.3. The number of rotatable bonds is 5. The van der Waals surface area contributed by atoms with E-state index >= 15 is 0 Å². The molecule has 1 heterocycles. The first-order valence-corrected chi connectivity index (χ1v) is 7.79. The van der Waals surface area contributed by atoms with Crippen LogP contribution in [0.4, 0.5) is 5.69 Å². The third kappa shape index (κ3) is 4.38. The second kappa shape index (κ2) is 7.10. The number of amides is 1. The van der Waals surface area contributed by atoms with Gasteiger partial charge in [-0.3, -0.25) is 4.79 Å². The van der Waals surface area contributed by atoms with Crippen molar-refractivity contribution in [3.05, 3.63) is 54.4 Å². The molecule has 0 aliphatic heterocycles. The van der Waals surface area contributed by atoms with Crippen LogP contribution >= 0.6 is 11.8 Å². The fraction of sp³-hybridized carbons (Fsp3) is 0.250. The molecule has 104 valence electrons. The molecule has 0 atom stereocenters. The molecule has 0 spiro atoms. The quantitative estimate of drug-likeness (QED) is 0.677. The van der Waals surface area contributed by atoms with E-state index in [0.29, 0.717) is 13.0 Å². The lowest BCUT2D eigenvalue weighted by molar-refractivity contribution is -0.695. The first kappa shape index (κ1) is 14.6. The third-order valence-electron chi connectivity index (χ3n) is 3.01. The number of anilines is 1. The molecule has 20 heavy (non-hydrogen) atoms. The Kier molecular flexibility index (Phi) is 5.18. The average molecular weight is 287 g/mol. The standard InChI is InChI=1S/C16H18N2OS/c1-13-6-9-18(10-7-13)11-8-16(19)17-14-4-3-5-15(12-14)20-2/h3-7,9-10,12H,8,11H2,1-2H3/p+1. The smallest absolute Gasteiger partial charge is 0.230 e. The Hall–Kier alpha value is -1.81. The molecule has 2 rings (SSSR count). The van der Waals surface area contributed by atoms with Gasteiger partial charge in [-0.25, -0.2) is 4.57 Å². The number of aryl methyl sites for hydroxylation is 2. The minimum atomic E-state index is 0.0383. The molecule has 0 radical (unpaired) electrons. The highest BCUT2D eigenvalue weighted by Gasteiger charge is 2.07. The molecule has 0 saturated carbocycles. The van der Waals surface area contributed by atoms with Gasteiger partial charge in [-0.05, 0) is 36.9 Å². The third-order valence-corrected chi connectivity index (χ3v) is 3.73. The van der Waals surface area contributed by atoms with E-state index in [4.69, 9.17) is 0 Å². The highest BCUT2D eigenvalue weighted by atomic mass is 32.2. The Morgan fingerprint density at radius 1 is 1.25 bits per heavy atom. The van der Waals surface area contributed by atoms with E-state index in [0.717, 1.165) is 10.6 Å². The number of pyridine rings is 1. The molecular formula is C16H19N2OS+. The van der Waals surface area contributed by atoms with Crippen LogP contribution in [0.3, 0.4) is 0 Å². The van der Waals surface area contributed by atoms with Crippen LogP contribution in [0.1, 0.15) is 12.0 Å². The summed E-state index contributed by atoms with van der Waals surface area (Å²) in [6, 6.07) is 12.0. The molecule has 1 N–H and O–H groups in total. The van der Waals surface area contributed by atoms with E-state index in [-0.39, 0.29) is 5.91 Å². The topological polar surface area (TPSA) is 33.0 Å². The van der Waals surface area contributed by atoms with Gasteiger partial charge in [-0.15, -0.1) is 11.8 Å². The zero-order chi connectivity index (χ0) is 14.4. The average Bonchev–Trinajstić information content (AvgIpc) is 2.47. The molecule has 0 aliphatic carbocycles. The molecular weight excluding hydrogens is 268 g/mol. The van der Waals surface area contributed by atoms with Crippen LogP contribution in [0, 0.1) is 6.92 Å². The number of carbonyl (C=O) groups is 1. The van der Waals surface area contributed by atoms with Crippen LogP contribution in [0.5, 0.6) is 0 Å². The lowest BCUT2D eigenvalue weighted by Gasteiger charge is -2.05. The van der Waals surface area contributed by atoms with Crippen molar-refractivity contribution >= 4 is 23.4 Å². The van der Waals surface area contributed by atoms with E-state index in [1.165, 1.54) is 5.56 Å². The molecule has 0 fully saturated rings. The highest BCUT2D eigenvalue weighted by molar-refractivity contribution is 7.98. The van der Waals surface area contributed by atoms with Crippen LogP contribution in [0.2, 0.25) is 0 Å². The van der Waals surface area contributed by atoms with Crippen molar-refractivity contribution in [2.75, 3.05) is 11.6 Å². The number of nitrogens with zero attached hydrogens (tertiary/aromatic N) is 1. The summed E-state index contributed by atoms with van der Waals surface area (Å²) in [7, 11) is 0. The summed E-state index contributed by atoms with van der Waals surface area (Å²) < 4.78 is 2.02. The molecule has 0 unspecified atom stereocenters. The van der Waals surface area contributed by atoms with Gasteiger partial charge in [0.1, 0.15) is 0 Å². The van der Waals surface area contributed by atoms with E-state index in [1.54, 1.807) is 11.8 Å². The van der Waals surface area contributed by atoms with Gasteiger partial charge in [0, 0.05) is 22.7 Å². The zero-order valence-corrected chi connectivity index (χ0v) is 12.6. The van der Waals surface area contributed by atoms with Crippen molar-refractivity contribution in [3.63, 3.8) is 0 Å². The van der Waals surface area contributed by atoms with Crippen molar-refractivity contribution in [3.8, 4) is 0 Å². The predicted octanol–water partition coefficient (Wildman–Crippen LogP) is 3.03. The summed E-state index contributed by atoms with van der Waals surface area (Å²) in [6.07, 6.45) is 6.49.